The van der Waals surface area contributed by atoms with Crippen LogP contribution in [0.3, 0.4) is 0 Å². The Balaban J connectivity index is 1.90. The number of benzene rings is 1. The van der Waals surface area contributed by atoms with Gasteiger partial charge in [0.05, 0.1) is 5.56 Å². The Morgan fingerprint density at radius 3 is 2.62 bits per heavy atom. The first kappa shape index (κ1) is 15.5. The summed E-state index contributed by atoms with van der Waals surface area (Å²) in [5.41, 5.74) is 0.748. The van der Waals surface area contributed by atoms with Crippen LogP contribution in [-0.4, -0.2) is 36.6 Å². The van der Waals surface area contributed by atoms with Crippen molar-refractivity contribution in [2.45, 2.75) is 26.2 Å². The number of rotatable bonds is 5. The van der Waals surface area contributed by atoms with Crippen molar-refractivity contribution in [3.8, 4) is 0 Å². The van der Waals surface area contributed by atoms with Crippen LogP contribution >= 0.6 is 0 Å². The van der Waals surface area contributed by atoms with Crippen LogP contribution < -0.4 is 10.6 Å². The summed E-state index contributed by atoms with van der Waals surface area (Å²) in [5.74, 6) is -0.862. The van der Waals surface area contributed by atoms with Gasteiger partial charge in [-0.2, -0.15) is 0 Å². The van der Waals surface area contributed by atoms with Gasteiger partial charge >= 0.3 is 5.97 Å². The van der Waals surface area contributed by atoms with Crippen molar-refractivity contribution in [3.63, 3.8) is 0 Å². The van der Waals surface area contributed by atoms with Crippen LogP contribution in [-0.2, 0) is 11.2 Å². The summed E-state index contributed by atoms with van der Waals surface area (Å²) in [4.78, 5) is 23.4. The summed E-state index contributed by atoms with van der Waals surface area (Å²) in [6, 6.07) is 6.91. The van der Waals surface area contributed by atoms with Gasteiger partial charge in [0.25, 0.3) is 0 Å². The van der Waals surface area contributed by atoms with Crippen molar-refractivity contribution in [2.24, 2.45) is 5.41 Å². The largest absolute Gasteiger partial charge is 0.478 e. The van der Waals surface area contributed by atoms with Crippen molar-refractivity contribution in [2.75, 3.05) is 19.6 Å². The number of amides is 1. The number of hydrogen-bond acceptors (Lipinski definition) is 3. The molecular formula is C16H22N2O3. The summed E-state index contributed by atoms with van der Waals surface area (Å²) in [7, 11) is 0. The molecule has 114 valence electrons. The lowest BCUT2D eigenvalue weighted by molar-refractivity contribution is -0.131. The smallest absolute Gasteiger partial charge is 0.335 e. The Hall–Kier alpha value is -1.88. The zero-order chi connectivity index (χ0) is 15.3. The summed E-state index contributed by atoms with van der Waals surface area (Å²) >= 11 is 0. The molecule has 1 aromatic carbocycles. The molecule has 0 aromatic heterocycles. The maximum atomic E-state index is 12.3. The Morgan fingerprint density at radius 2 is 1.95 bits per heavy atom. The number of nitrogens with one attached hydrogen (secondary N) is 2. The molecule has 0 spiro atoms. The minimum atomic E-state index is -0.928. The van der Waals surface area contributed by atoms with Gasteiger partial charge in [-0.3, -0.25) is 4.79 Å². The lowest BCUT2D eigenvalue weighted by Crippen LogP contribution is -2.46. The molecule has 0 aliphatic carbocycles. The maximum Gasteiger partial charge on any atom is 0.335 e. The van der Waals surface area contributed by atoms with Gasteiger partial charge in [-0.05, 0) is 44.0 Å². The summed E-state index contributed by atoms with van der Waals surface area (Å²) in [6.07, 6.45) is 2.21. The molecule has 21 heavy (non-hydrogen) atoms. The Morgan fingerprint density at radius 1 is 1.29 bits per heavy atom. The van der Waals surface area contributed by atoms with Crippen LogP contribution in [0, 0.1) is 5.41 Å². The summed E-state index contributed by atoms with van der Waals surface area (Å²) in [5, 5.41) is 15.3. The SMILES string of the molecule is CC1(C(=O)NCCc2ccccc2C(=O)O)CCNCC1. The molecule has 1 aliphatic heterocycles. The highest BCUT2D eigenvalue weighted by Crippen LogP contribution is 2.27. The lowest BCUT2D eigenvalue weighted by Gasteiger charge is -2.32. The highest BCUT2D eigenvalue weighted by Gasteiger charge is 2.34. The van der Waals surface area contributed by atoms with Gasteiger partial charge in [0.2, 0.25) is 5.91 Å². The van der Waals surface area contributed by atoms with Crippen molar-refractivity contribution in [1.29, 1.82) is 0 Å². The van der Waals surface area contributed by atoms with Gasteiger partial charge in [0.15, 0.2) is 0 Å². The molecule has 1 aliphatic rings. The summed E-state index contributed by atoms with van der Waals surface area (Å²) < 4.78 is 0. The van der Waals surface area contributed by atoms with E-state index in [2.05, 4.69) is 10.6 Å². The van der Waals surface area contributed by atoms with Crippen LogP contribution in [0.25, 0.3) is 0 Å². The molecule has 5 nitrogen and oxygen atoms in total. The molecule has 0 bridgehead atoms. The highest BCUT2D eigenvalue weighted by molar-refractivity contribution is 5.89. The van der Waals surface area contributed by atoms with Crippen molar-refractivity contribution >= 4 is 11.9 Å². The molecule has 1 fully saturated rings. The molecule has 0 unspecified atom stereocenters. The number of carbonyl (C=O) groups is 2. The van der Waals surface area contributed by atoms with Gasteiger partial charge in [-0.1, -0.05) is 25.1 Å². The van der Waals surface area contributed by atoms with Crippen molar-refractivity contribution in [1.82, 2.24) is 10.6 Å². The van der Waals surface area contributed by atoms with E-state index in [4.69, 9.17) is 5.11 Å². The third-order valence-corrected chi connectivity index (χ3v) is 4.18. The van der Waals surface area contributed by atoms with Gasteiger partial charge in [-0.15, -0.1) is 0 Å². The first-order chi connectivity index (χ1) is 10.0. The monoisotopic (exact) mass is 290 g/mol. The van der Waals surface area contributed by atoms with E-state index in [1.807, 2.05) is 13.0 Å². The number of aromatic carboxylic acids is 1. The van der Waals surface area contributed by atoms with Gasteiger partial charge < -0.3 is 15.7 Å². The van der Waals surface area contributed by atoms with Crippen molar-refractivity contribution < 1.29 is 14.7 Å². The first-order valence-electron chi connectivity index (χ1n) is 7.33. The molecule has 3 N–H and O–H groups in total. The number of carbonyl (C=O) groups excluding carboxylic acids is 1. The second-order valence-corrected chi connectivity index (χ2v) is 5.78. The molecule has 0 atom stereocenters. The molecule has 0 saturated carbocycles. The fraction of sp³-hybridized carbons (Fsp3) is 0.500. The minimum absolute atomic E-state index is 0.0665. The molecule has 1 amide bonds. The molecule has 0 radical (unpaired) electrons. The van der Waals surface area contributed by atoms with Crippen LogP contribution in [0.5, 0.6) is 0 Å². The number of piperidine rings is 1. The average molecular weight is 290 g/mol. The predicted molar refractivity (Wildman–Crippen MR) is 80.3 cm³/mol. The van der Waals surface area contributed by atoms with Crippen LogP contribution in [0.1, 0.15) is 35.7 Å². The Labute approximate surface area is 124 Å². The van der Waals surface area contributed by atoms with E-state index >= 15 is 0 Å². The molecule has 1 heterocycles. The second kappa shape index (κ2) is 6.72. The number of carboxylic acids is 1. The third kappa shape index (κ3) is 3.82. The number of carboxylic acid groups (broad SMARTS) is 1. The normalized spacial score (nSPS) is 17.2. The van der Waals surface area contributed by atoms with E-state index < -0.39 is 5.97 Å². The van der Waals surface area contributed by atoms with Crippen molar-refractivity contribution in [3.05, 3.63) is 35.4 Å². The van der Waals surface area contributed by atoms with Crippen LogP contribution in [0.2, 0.25) is 0 Å². The van der Waals surface area contributed by atoms with Gasteiger partial charge in [0, 0.05) is 12.0 Å². The maximum absolute atomic E-state index is 12.3. The topological polar surface area (TPSA) is 78.4 Å². The molecular weight excluding hydrogens is 268 g/mol. The fourth-order valence-electron chi connectivity index (χ4n) is 2.68. The Kier molecular flexibility index (Phi) is 4.96. The molecule has 2 rings (SSSR count). The quantitative estimate of drug-likeness (QED) is 0.766. The summed E-state index contributed by atoms with van der Waals surface area (Å²) in [6.45, 7) is 4.19. The minimum Gasteiger partial charge on any atom is -0.478 e. The second-order valence-electron chi connectivity index (χ2n) is 5.78. The van der Waals surface area contributed by atoms with E-state index in [1.54, 1.807) is 18.2 Å². The average Bonchev–Trinajstić information content (AvgIpc) is 2.48. The van der Waals surface area contributed by atoms with Gasteiger partial charge in [-0.25, -0.2) is 4.79 Å². The van der Waals surface area contributed by atoms with E-state index in [1.165, 1.54) is 0 Å². The van der Waals surface area contributed by atoms with E-state index in [0.717, 1.165) is 31.5 Å². The third-order valence-electron chi connectivity index (χ3n) is 4.18. The first-order valence-corrected chi connectivity index (χ1v) is 7.33. The predicted octanol–water partition coefficient (Wildman–Crippen LogP) is 1.43. The van der Waals surface area contributed by atoms with E-state index in [-0.39, 0.29) is 11.3 Å². The van der Waals surface area contributed by atoms with Gasteiger partial charge in [0.1, 0.15) is 0 Å². The van der Waals surface area contributed by atoms with E-state index in [0.29, 0.717) is 18.5 Å². The highest BCUT2D eigenvalue weighted by atomic mass is 16.4. The van der Waals surface area contributed by atoms with Crippen LogP contribution in [0.4, 0.5) is 0 Å². The van der Waals surface area contributed by atoms with Crippen LogP contribution in [0.15, 0.2) is 24.3 Å². The zero-order valence-corrected chi connectivity index (χ0v) is 12.3. The fourth-order valence-corrected chi connectivity index (χ4v) is 2.68. The lowest BCUT2D eigenvalue weighted by atomic mass is 9.80. The molecule has 5 heteroatoms. The van der Waals surface area contributed by atoms with E-state index in [9.17, 15) is 9.59 Å². The standard InChI is InChI=1S/C16H22N2O3/c1-16(7-10-17-11-8-16)15(21)18-9-6-12-4-2-3-5-13(12)14(19)20/h2-5,17H,6-11H2,1H3,(H,18,21)(H,19,20). The number of hydrogen-bond donors (Lipinski definition) is 3. The molecule has 1 saturated heterocycles. The molecule has 1 aromatic rings. The Bertz CT molecular complexity index is 522. The zero-order valence-electron chi connectivity index (χ0n) is 12.3.